The van der Waals surface area contributed by atoms with E-state index in [1.165, 1.54) is 20.0 Å². The molecule has 0 bridgehead atoms. The number of aliphatic hydroxyl groups is 1. The van der Waals surface area contributed by atoms with Gasteiger partial charge in [-0.25, -0.2) is 0 Å². The van der Waals surface area contributed by atoms with E-state index in [9.17, 15) is 29.1 Å². The molecule has 45 heavy (non-hydrogen) atoms. The van der Waals surface area contributed by atoms with Crippen LogP contribution in [0.25, 0.3) is 6.08 Å². The summed E-state index contributed by atoms with van der Waals surface area (Å²) in [6, 6.07) is 12.9. The maximum Gasteiger partial charge on any atom is 0.293 e. The summed E-state index contributed by atoms with van der Waals surface area (Å²) >= 11 is 0.845. The van der Waals surface area contributed by atoms with Crippen molar-refractivity contribution in [3.05, 3.63) is 87.6 Å². The van der Waals surface area contributed by atoms with Crippen molar-refractivity contribution in [2.24, 2.45) is 0 Å². The van der Waals surface area contributed by atoms with Gasteiger partial charge in [-0.2, -0.15) is 0 Å². The van der Waals surface area contributed by atoms with Crippen LogP contribution in [0.5, 0.6) is 5.75 Å². The van der Waals surface area contributed by atoms with E-state index in [0.29, 0.717) is 22.0 Å². The van der Waals surface area contributed by atoms with Crippen LogP contribution >= 0.6 is 11.8 Å². The van der Waals surface area contributed by atoms with E-state index in [4.69, 9.17) is 9.26 Å². The molecule has 1 fully saturated rings. The van der Waals surface area contributed by atoms with Gasteiger partial charge in [-0.1, -0.05) is 47.1 Å². The summed E-state index contributed by atoms with van der Waals surface area (Å²) in [6.45, 7) is 4.77. The van der Waals surface area contributed by atoms with Crippen molar-refractivity contribution in [2.75, 3.05) is 13.7 Å². The molecule has 0 saturated carbocycles. The fourth-order valence-corrected chi connectivity index (χ4v) is 4.92. The van der Waals surface area contributed by atoms with Crippen LogP contribution in [0.15, 0.2) is 64.0 Å². The number of likely N-dealkylation sites (N-methyl/N-ethyl adjacent to an activating group) is 1. The van der Waals surface area contributed by atoms with Crippen LogP contribution in [0, 0.1) is 13.8 Å². The van der Waals surface area contributed by atoms with Gasteiger partial charge >= 0.3 is 0 Å². The first kappa shape index (κ1) is 33.0. The summed E-state index contributed by atoms with van der Waals surface area (Å²) in [5, 5.41) is 21.3. The second kappa shape index (κ2) is 14.7. The third kappa shape index (κ3) is 8.80. The Hall–Kier alpha value is -4.95. The SMILES string of the molecule is Cc1ccc(CNC(=O)C(COc2ccc(C=C3SC(=O)N(C)C3=O)cc2)NC(=O)C(NC(=O)c2cc(C)on2)C(C)O)cc1. The van der Waals surface area contributed by atoms with E-state index in [-0.39, 0.29) is 30.0 Å². The van der Waals surface area contributed by atoms with E-state index < -0.39 is 35.9 Å². The minimum Gasteiger partial charge on any atom is -0.491 e. The molecule has 13 nitrogen and oxygen atoms in total. The van der Waals surface area contributed by atoms with Gasteiger partial charge in [-0.15, -0.1) is 0 Å². The zero-order valence-electron chi connectivity index (χ0n) is 25.0. The monoisotopic (exact) mass is 635 g/mol. The zero-order valence-corrected chi connectivity index (χ0v) is 25.8. The van der Waals surface area contributed by atoms with Crippen LogP contribution in [0.2, 0.25) is 0 Å². The maximum absolute atomic E-state index is 13.3. The van der Waals surface area contributed by atoms with Crippen molar-refractivity contribution >= 4 is 46.7 Å². The van der Waals surface area contributed by atoms with Gasteiger partial charge in [0.15, 0.2) is 5.69 Å². The van der Waals surface area contributed by atoms with Crippen LogP contribution in [0.4, 0.5) is 4.79 Å². The lowest BCUT2D eigenvalue weighted by Gasteiger charge is -2.24. The molecule has 3 aromatic rings. The molecule has 0 radical (unpaired) electrons. The number of carbonyl (C=O) groups excluding carboxylic acids is 5. The second-order valence-corrected chi connectivity index (χ2v) is 11.4. The molecule has 236 valence electrons. The highest BCUT2D eigenvalue weighted by atomic mass is 32.2. The van der Waals surface area contributed by atoms with E-state index in [2.05, 4.69) is 21.1 Å². The van der Waals surface area contributed by atoms with Gasteiger partial charge in [0, 0.05) is 19.7 Å². The van der Waals surface area contributed by atoms with E-state index in [1.807, 2.05) is 31.2 Å². The lowest BCUT2D eigenvalue weighted by atomic mass is 10.1. The average Bonchev–Trinajstić information content (AvgIpc) is 3.56. The molecular formula is C31H33N5O8S. The number of aliphatic hydroxyl groups excluding tert-OH is 1. The van der Waals surface area contributed by atoms with Crippen molar-refractivity contribution in [3.63, 3.8) is 0 Å². The van der Waals surface area contributed by atoms with Crippen molar-refractivity contribution in [1.29, 1.82) is 0 Å². The standard InChI is InChI=1S/C31H33N5O8S/c1-17-5-7-21(8-6-17)15-32-27(38)24(33-29(40)26(19(3)37)34-28(39)23-13-18(2)44-35-23)16-43-22-11-9-20(10-12-22)14-25-30(41)36(4)31(42)45-25/h5-14,19,24,26,37H,15-16H2,1-4H3,(H,32,38)(H,33,40)(H,34,39). The first-order valence-electron chi connectivity index (χ1n) is 13.9. The highest BCUT2D eigenvalue weighted by Gasteiger charge is 2.32. The number of aromatic nitrogens is 1. The van der Waals surface area contributed by atoms with Gasteiger partial charge in [0.25, 0.3) is 17.1 Å². The minimum atomic E-state index is -1.42. The minimum absolute atomic E-state index is 0.0738. The summed E-state index contributed by atoms with van der Waals surface area (Å²) < 4.78 is 10.7. The highest BCUT2D eigenvalue weighted by molar-refractivity contribution is 8.18. The molecule has 3 atom stereocenters. The van der Waals surface area contributed by atoms with Crippen molar-refractivity contribution in [1.82, 2.24) is 26.0 Å². The quantitative estimate of drug-likeness (QED) is 0.216. The zero-order chi connectivity index (χ0) is 32.7. The van der Waals surface area contributed by atoms with Crippen molar-refractivity contribution < 1.29 is 38.3 Å². The Labute approximate surface area is 263 Å². The molecule has 5 amide bonds. The predicted octanol–water partition coefficient (Wildman–Crippen LogP) is 2.32. The Morgan fingerprint density at radius 3 is 2.31 bits per heavy atom. The first-order valence-corrected chi connectivity index (χ1v) is 14.7. The number of thioether (sulfide) groups is 1. The third-order valence-electron chi connectivity index (χ3n) is 6.71. The second-order valence-electron chi connectivity index (χ2n) is 10.4. The van der Waals surface area contributed by atoms with Gasteiger partial charge in [0.05, 0.1) is 11.0 Å². The molecule has 1 saturated heterocycles. The molecule has 3 unspecified atom stereocenters. The fraction of sp³-hybridized carbons (Fsp3) is 0.290. The van der Waals surface area contributed by atoms with Crippen LogP contribution in [0.1, 0.15) is 39.9 Å². The van der Waals surface area contributed by atoms with Crippen LogP contribution in [-0.4, -0.2) is 75.9 Å². The number of benzene rings is 2. The van der Waals surface area contributed by atoms with E-state index >= 15 is 0 Å². The van der Waals surface area contributed by atoms with Gasteiger partial charge in [-0.05, 0) is 61.9 Å². The summed E-state index contributed by atoms with van der Waals surface area (Å²) in [5.74, 6) is -1.75. The lowest BCUT2D eigenvalue weighted by Crippen LogP contribution is -2.58. The largest absolute Gasteiger partial charge is 0.491 e. The van der Waals surface area contributed by atoms with Crippen LogP contribution < -0.4 is 20.7 Å². The number of hydrogen-bond acceptors (Lipinski definition) is 10. The molecule has 1 aromatic heterocycles. The third-order valence-corrected chi connectivity index (χ3v) is 7.67. The molecule has 2 aromatic carbocycles. The first-order chi connectivity index (χ1) is 21.4. The normalized spacial score (nSPS) is 15.8. The Bertz CT molecular complexity index is 1600. The molecular weight excluding hydrogens is 602 g/mol. The lowest BCUT2D eigenvalue weighted by molar-refractivity contribution is -0.132. The Morgan fingerprint density at radius 2 is 1.73 bits per heavy atom. The van der Waals surface area contributed by atoms with Gasteiger partial charge in [0.2, 0.25) is 11.8 Å². The predicted molar refractivity (Wildman–Crippen MR) is 165 cm³/mol. The summed E-state index contributed by atoms with van der Waals surface area (Å²) in [5.41, 5.74) is 2.48. The Kier molecular flexibility index (Phi) is 10.8. The van der Waals surface area contributed by atoms with Gasteiger partial charge < -0.3 is 30.3 Å². The topological polar surface area (TPSA) is 180 Å². The number of rotatable bonds is 12. The fourth-order valence-electron chi connectivity index (χ4n) is 4.09. The highest BCUT2D eigenvalue weighted by Crippen LogP contribution is 2.31. The average molecular weight is 636 g/mol. The molecule has 14 heteroatoms. The van der Waals surface area contributed by atoms with Crippen LogP contribution in [0.3, 0.4) is 0 Å². The number of ether oxygens (including phenoxy) is 1. The number of nitrogens with one attached hydrogen (secondary N) is 3. The number of aryl methyl sites for hydroxylation is 2. The maximum atomic E-state index is 13.3. The summed E-state index contributed by atoms with van der Waals surface area (Å²) in [4.78, 5) is 64.4. The number of hydrogen-bond donors (Lipinski definition) is 4. The van der Waals surface area contributed by atoms with Crippen LogP contribution in [-0.2, 0) is 20.9 Å². The molecule has 4 rings (SSSR count). The molecule has 1 aliphatic rings. The molecule has 0 aliphatic carbocycles. The number of amides is 5. The van der Waals surface area contributed by atoms with E-state index in [1.54, 1.807) is 37.3 Å². The number of carbonyl (C=O) groups is 5. The van der Waals surface area contributed by atoms with Gasteiger partial charge in [0.1, 0.15) is 30.2 Å². The smallest absolute Gasteiger partial charge is 0.293 e. The van der Waals surface area contributed by atoms with Crippen molar-refractivity contribution in [3.8, 4) is 5.75 Å². The van der Waals surface area contributed by atoms with E-state index in [0.717, 1.165) is 27.8 Å². The molecule has 4 N–H and O–H groups in total. The summed E-state index contributed by atoms with van der Waals surface area (Å²) in [6.07, 6.45) is 0.269. The molecule has 2 heterocycles. The van der Waals surface area contributed by atoms with Gasteiger partial charge in [-0.3, -0.25) is 28.9 Å². The molecule has 0 spiro atoms. The summed E-state index contributed by atoms with van der Waals surface area (Å²) in [7, 11) is 1.41. The number of imide groups is 1. The van der Waals surface area contributed by atoms with Crippen molar-refractivity contribution in [2.45, 2.75) is 45.5 Å². The number of nitrogens with zero attached hydrogens (tertiary/aromatic N) is 2. The Morgan fingerprint density at radius 1 is 1.04 bits per heavy atom. The molecule has 1 aliphatic heterocycles. The Balaban J connectivity index is 1.45.